The molecule has 0 aliphatic carbocycles. The summed E-state index contributed by atoms with van der Waals surface area (Å²) in [5.74, 6) is 0. The topological polar surface area (TPSA) is 58.4 Å². The lowest BCUT2D eigenvalue weighted by atomic mass is 10.1. The van der Waals surface area contributed by atoms with Crippen molar-refractivity contribution >= 4 is 40.6 Å². The Bertz CT molecular complexity index is 689. The minimum Gasteiger partial charge on any atom is -0.350 e. The Labute approximate surface area is 152 Å². The van der Waals surface area contributed by atoms with Crippen LogP contribution in [0.3, 0.4) is 0 Å². The number of carbonyl (C=O) groups excluding carboxylic acids is 1. The average Bonchev–Trinajstić information content (AvgIpc) is 2.56. The molecule has 0 saturated heterocycles. The number of anilines is 2. The van der Waals surface area contributed by atoms with Crippen LogP contribution < -0.4 is 16.2 Å². The van der Waals surface area contributed by atoms with Gasteiger partial charge in [-0.2, -0.15) is 0 Å². The Morgan fingerprint density at radius 2 is 1.83 bits per heavy atom. The fourth-order valence-corrected chi connectivity index (χ4v) is 2.67. The third kappa shape index (κ3) is 5.05. The number of nitrogens with zero attached hydrogens (tertiary/aromatic N) is 1. The lowest BCUT2D eigenvalue weighted by molar-refractivity contribution is 0.255. The van der Waals surface area contributed by atoms with Gasteiger partial charge < -0.3 is 5.73 Å². The molecule has 4 nitrogen and oxygen atoms in total. The van der Waals surface area contributed by atoms with E-state index < -0.39 is 6.03 Å². The Hall–Kier alpha value is -1.91. The van der Waals surface area contributed by atoms with Crippen LogP contribution in [0.25, 0.3) is 0 Å². The van der Waals surface area contributed by atoms with Crippen molar-refractivity contribution < 1.29 is 4.79 Å². The molecule has 0 fully saturated rings. The lowest BCUT2D eigenvalue weighted by Crippen LogP contribution is -2.40. The monoisotopic (exact) mass is 365 g/mol. The number of rotatable bonds is 7. The second kappa shape index (κ2) is 8.81. The first-order chi connectivity index (χ1) is 11.5. The molecule has 0 bridgehead atoms. The summed E-state index contributed by atoms with van der Waals surface area (Å²) in [6.07, 6.45) is 4.59. The molecule has 2 rings (SSSR count). The molecule has 0 saturated carbocycles. The summed E-state index contributed by atoms with van der Waals surface area (Å²) in [5.41, 5.74) is 10.8. The van der Waals surface area contributed by atoms with Gasteiger partial charge in [0, 0.05) is 5.02 Å². The number of benzene rings is 2. The molecular formula is C18H21Cl2N3O. The number of halogens is 2. The van der Waals surface area contributed by atoms with Crippen LogP contribution in [0.15, 0.2) is 42.5 Å². The molecule has 2 amide bonds. The van der Waals surface area contributed by atoms with Crippen molar-refractivity contribution in [3.63, 3.8) is 0 Å². The highest BCUT2D eigenvalue weighted by molar-refractivity contribution is 6.35. The van der Waals surface area contributed by atoms with Gasteiger partial charge in [0.1, 0.15) is 0 Å². The van der Waals surface area contributed by atoms with Crippen LogP contribution in [-0.2, 0) is 6.42 Å². The van der Waals surface area contributed by atoms with Gasteiger partial charge >= 0.3 is 6.03 Å². The average molecular weight is 366 g/mol. The van der Waals surface area contributed by atoms with Crippen molar-refractivity contribution in [3.05, 3.63) is 58.1 Å². The third-order valence-electron chi connectivity index (χ3n) is 3.64. The van der Waals surface area contributed by atoms with Crippen LogP contribution >= 0.6 is 23.2 Å². The molecule has 0 spiro atoms. The van der Waals surface area contributed by atoms with E-state index in [0.717, 1.165) is 12.8 Å². The standard InChI is InChI=1S/C18H21Cl2N3O/c1-2-3-4-5-13-6-9-15(10-7-13)23(18(21)24)22-17-12-14(19)8-11-16(17)20/h6-12,22H,2-5H2,1H3,(H2,21,24). The van der Waals surface area contributed by atoms with Gasteiger partial charge in [-0.1, -0.05) is 55.1 Å². The van der Waals surface area contributed by atoms with E-state index in [1.54, 1.807) is 18.2 Å². The molecule has 24 heavy (non-hydrogen) atoms. The molecule has 0 unspecified atom stereocenters. The first-order valence-corrected chi connectivity index (χ1v) is 8.67. The van der Waals surface area contributed by atoms with Crippen molar-refractivity contribution in [2.24, 2.45) is 5.73 Å². The van der Waals surface area contributed by atoms with Crippen LogP contribution in [0.1, 0.15) is 31.7 Å². The minimum absolute atomic E-state index is 0.446. The van der Waals surface area contributed by atoms with Crippen molar-refractivity contribution in [1.82, 2.24) is 0 Å². The summed E-state index contributed by atoms with van der Waals surface area (Å²) in [5, 5.41) is 2.20. The van der Waals surface area contributed by atoms with E-state index >= 15 is 0 Å². The smallest absolute Gasteiger partial charge is 0.338 e. The molecule has 128 valence electrons. The number of hydrazine groups is 1. The minimum atomic E-state index is -0.634. The fourth-order valence-electron chi connectivity index (χ4n) is 2.34. The van der Waals surface area contributed by atoms with Gasteiger partial charge in [0.05, 0.1) is 16.4 Å². The van der Waals surface area contributed by atoms with Gasteiger partial charge in [0.25, 0.3) is 0 Å². The van der Waals surface area contributed by atoms with Gasteiger partial charge in [-0.3, -0.25) is 5.43 Å². The predicted molar refractivity (Wildman–Crippen MR) is 102 cm³/mol. The Morgan fingerprint density at radius 1 is 1.12 bits per heavy atom. The maximum absolute atomic E-state index is 11.8. The van der Waals surface area contributed by atoms with E-state index in [4.69, 9.17) is 28.9 Å². The van der Waals surface area contributed by atoms with Gasteiger partial charge in [0.15, 0.2) is 0 Å². The molecule has 0 aliphatic heterocycles. The summed E-state index contributed by atoms with van der Waals surface area (Å²) < 4.78 is 0. The first kappa shape index (κ1) is 18.4. The fraction of sp³-hybridized carbons (Fsp3) is 0.278. The number of urea groups is 1. The molecule has 0 aliphatic rings. The predicted octanol–water partition coefficient (Wildman–Crippen LogP) is 5.64. The number of unbranched alkanes of at least 4 members (excludes halogenated alkanes) is 2. The highest BCUT2D eigenvalue weighted by Gasteiger charge is 2.14. The van der Waals surface area contributed by atoms with E-state index in [2.05, 4.69) is 12.3 Å². The second-order valence-corrected chi connectivity index (χ2v) is 6.38. The summed E-state index contributed by atoms with van der Waals surface area (Å²) >= 11 is 12.1. The van der Waals surface area contributed by atoms with E-state index in [0.29, 0.717) is 21.4 Å². The Morgan fingerprint density at radius 3 is 2.46 bits per heavy atom. The number of amides is 2. The largest absolute Gasteiger partial charge is 0.350 e. The molecule has 2 aromatic carbocycles. The lowest BCUT2D eigenvalue weighted by Gasteiger charge is -2.23. The maximum atomic E-state index is 11.8. The van der Waals surface area contributed by atoms with Crippen LogP contribution in [-0.4, -0.2) is 6.03 Å². The quantitative estimate of drug-likeness (QED) is 0.492. The summed E-state index contributed by atoms with van der Waals surface area (Å²) in [6.45, 7) is 2.18. The van der Waals surface area contributed by atoms with Crippen LogP contribution in [0.2, 0.25) is 10.0 Å². The van der Waals surface area contributed by atoms with Crippen molar-refractivity contribution in [3.8, 4) is 0 Å². The van der Waals surface area contributed by atoms with Crippen molar-refractivity contribution in [2.45, 2.75) is 32.6 Å². The zero-order valence-corrected chi connectivity index (χ0v) is 15.1. The molecule has 0 radical (unpaired) electrons. The normalized spacial score (nSPS) is 10.5. The number of aryl methyl sites for hydroxylation is 1. The summed E-state index contributed by atoms with van der Waals surface area (Å²) in [4.78, 5) is 11.8. The number of carbonyl (C=O) groups is 1. The first-order valence-electron chi connectivity index (χ1n) is 7.91. The highest BCUT2D eigenvalue weighted by atomic mass is 35.5. The van der Waals surface area contributed by atoms with Crippen molar-refractivity contribution in [1.29, 1.82) is 0 Å². The van der Waals surface area contributed by atoms with Gasteiger partial charge in [0.2, 0.25) is 0 Å². The molecule has 2 aromatic rings. The van der Waals surface area contributed by atoms with Crippen molar-refractivity contribution in [2.75, 3.05) is 10.4 Å². The van der Waals surface area contributed by atoms with E-state index in [1.165, 1.54) is 23.4 Å². The number of nitrogens with one attached hydrogen (secondary N) is 1. The third-order valence-corrected chi connectivity index (χ3v) is 4.21. The molecule has 0 atom stereocenters. The van der Waals surface area contributed by atoms with Crippen LogP contribution in [0.5, 0.6) is 0 Å². The summed E-state index contributed by atoms with van der Waals surface area (Å²) in [6, 6.07) is 12.1. The molecule has 3 N–H and O–H groups in total. The number of hydrogen-bond acceptors (Lipinski definition) is 2. The van der Waals surface area contributed by atoms with Gasteiger partial charge in [-0.05, 0) is 48.7 Å². The van der Waals surface area contributed by atoms with Crippen LogP contribution in [0.4, 0.5) is 16.2 Å². The molecule has 0 aromatic heterocycles. The Balaban J connectivity index is 2.15. The SMILES string of the molecule is CCCCCc1ccc(N(Nc2cc(Cl)ccc2Cl)C(N)=O)cc1. The van der Waals surface area contributed by atoms with Crippen LogP contribution in [0, 0.1) is 0 Å². The van der Waals surface area contributed by atoms with Gasteiger partial charge in [-0.25, -0.2) is 9.80 Å². The second-order valence-electron chi connectivity index (χ2n) is 5.53. The number of nitrogens with two attached hydrogens (primary N) is 1. The van der Waals surface area contributed by atoms with E-state index in [9.17, 15) is 4.79 Å². The molecular weight excluding hydrogens is 345 g/mol. The zero-order chi connectivity index (χ0) is 17.5. The maximum Gasteiger partial charge on any atom is 0.338 e. The summed E-state index contributed by atoms with van der Waals surface area (Å²) in [7, 11) is 0. The van der Waals surface area contributed by atoms with E-state index in [-0.39, 0.29) is 0 Å². The molecule has 6 heteroatoms. The number of hydrogen-bond donors (Lipinski definition) is 2. The number of primary amides is 1. The van der Waals surface area contributed by atoms with E-state index in [1.807, 2.05) is 24.3 Å². The zero-order valence-electron chi connectivity index (χ0n) is 13.6. The molecule has 0 heterocycles. The Kier molecular flexibility index (Phi) is 6.76. The highest BCUT2D eigenvalue weighted by Crippen LogP contribution is 2.27. The van der Waals surface area contributed by atoms with Gasteiger partial charge in [-0.15, -0.1) is 0 Å².